The third-order valence-electron chi connectivity index (χ3n) is 5.12. The molecule has 1 atom stereocenters. The molecule has 1 aliphatic rings. The van der Waals surface area contributed by atoms with Crippen molar-refractivity contribution in [1.82, 2.24) is 5.32 Å². The number of hydrogen-bond donors (Lipinski definition) is 2. The third-order valence-corrected chi connectivity index (χ3v) is 6.29. The summed E-state index contributed by atoms with van der Waals surface area (Å²) in [5, 5.41) is 6.19. The van der Waals surface area contributed by atoms with E-state index in [9.17, 15) is 9.59 Å². The Morgan fingerprint density at radius 1 is 1.07 bits per heavy atom. The predicted molar refractivity (Wildman–Crippen MR) is 113 cm³/mol. The van der Waals surface area contributed by atoms with Crippen LogP contribution in [-0.2, 0) is 12.8 Å². The Kier molecular flexibility index (Phi) is 6.32. The summed E-state index contributed by atoms with van der Waals surface area (Å²) >= 11 is 1.48. The molecule has 0 aliphatic heterocycles. The predicted octanol–water partition coefficient (Wildman–Crippen LogP) is 3.51. The number of rotatable bonds is 6. The second-order valence-electron chi connectivity index (χ2n) is 7.00. The summed E-state index contributed by atoms with van der Waals surface area (Å²) in [5.74, 6) is 1.24. The minimum Gasteiger partial charge on any atom is -0.493 e. The Morgan fingerprint density at radius 2 is 1.72 bits per heavy atom. The molecule has 1 unspecified atom stereocenters. The molecule has 1 aliphatic carbocycles. The molecule has 8 heteroatoms. The number of anilines is 1. The molecule has 3 rings (SSSR count). The lowest BCUT2D eigenvalue weighted by molar-refractivity contribution is 0.0963. The van der Waals surface area contributed by atoms with Crippen molar-refractivity contribution in [3.63, 3.8) is 0 Å². The zero-order valence-electron chi connectivity index (χ0n) is 17.3. The van der Waals surface area contributed by atoms with E-state index in [2.05, 4.69) is 17.6 Å². The molecule has 1 aromatic heterocycles. The lowest BCUT2D eigenvalue weighted by Gasteiger charge is -2.18. The second-order valence-corrected chi connectivity index (χ2v) is 8.11. The van der Waals surface area contributed by atoms with Crippen molar-refractivity contribution in [2.45, 2.75) is 26.2 Å². The maximum atomic E-state index is 13.0. The summed E-state index contributed by atoms with van der Waals surface area (Å²) in [4.78, 5) is 26.7. The van der Waals surface area contributed by atoms with Gasteiger partial charge in [0, 0.05) is 17.5 Å². The Bertz CT molecular complexity index is 912. The van der Waals surface area contributed by atoms with Crippen LogP contribution in [0.25, 0.3) is 0 Å². The summed E-state index contributed by atoms with van der Waals surface area (Å²) in [6.45, 7) is 2.20. The van der Waals surface area contributed by atoms with E-state index in [0.29, 0.717) is 39.3 Å². The van der Waals surface area contributed by atoms with Gasteiger partial charge >= 0.3 is 0 Å². The molecule has 0 saturated heterocycles. The number of carbonyl (C=O) groups is 2. The highest BCUT2D eigenvalue weighted by molar-refractivity contribution is 7.17. The normalized spacial score (nSPS) is 15.3. The molecule has 1 aromatic carbocycles. The van der Waals surface area contributed by atoms with Gasteiger partial charge in [-0.3, -0.25) is 9.59 Å². The van der Waals surface area contributed by atoms with Crippen LogP contribution in [0.15, 0.2) is 12.1 Å². The first-order chi connectivity index (χ1) is 13.9. The van der Waals surface area contributed by atoms with Gasteiger partial charge in [-0.15, -0.1) is 11.3 Å². The number of nitrogens with one attached hydrogen (secondary N) is 2. The number of ether oxygens (including phenoxy) is 3. The molecule has 1 heterocycles. The first-order valence-corrected chi connectivity index (χ1v) is 10.2. The molecule has 0 bridgehead atoms. The van der Waals surface area contributed by atoms with Crippen molar-refractivity contribution in [1.29, 1.82) is 0 Å². The van der Waals surface area contributed by atoms with Crippen molar-refractivity contribution >= 4 is 28.2 Å². The van der Waals surface area contributed by atoms with E-state index in [0.717, 1.165) is 24.8 Å². The van der Waals surface area contributed by atoms with Crippen molar-refractivity contribution < 1.29 is 23.8 Å². The zero-order chi connectivity index (χ0) is 21.1. The minimum atomic E-state index is -0.346. The van der Waals surface area contributed by atoms with E-state index < -0.39 is 0 Å². The molecule has 156 valence electrons. The summed E-state index contributed by atoms with van der Waals surface area (Å²) in [6, 6.07) is 3.18. The summed E-state index contributed by atoms with van der Waals surface area (Å²) in [7, 11) is 6.10. The molecule has 2 N–H and O–H groups in total. The maximum absolute atomic E-state index is 13.0. The van der Waals surface area contributed by atoms with Gasteiger partial charge in [0.05, 0.1) is 26.9 Å². The Balaban J connectivity index is 1.98. The van der Waals surface area contributed by atoms with Crippen LogP contribution in [0.1, 0.15) is 44.5 Å². The average molecular weight is 419 g/mol. The molecule has 0 saturated carbocycles. The Hall–Kier alpha value is -2.74. The molecule has 2 aromatic rings. The van der Waals surface area contributed by atoms with Gasteiger partial charge in [-0.1, -0.05) is 6.92 Å². The van der Waals surface area contributed by atoms with Gasteiger partial charge in [0.2, 0.25) is 5.75 Å². The van der Waals surface area contributed by atoms with Crippen LogP contribution in [0.2, 0.25) is 0 Å². The third kappa shape index (κ3) is 4.03. The molecule has 29 heavy (non-hydrogen) atoms. The highest BCUT2D eigenvalue weighted by Crippen LogP contribution is 2.41. The van der Waals surface area contributed by atoms with Gasteiger partial charge in [-0.2, -0.15) is 0 Å². The molecule has 0 radical (unpaired) electrons. The van der Waals surface area contributed by atoms with Gasteiger partial charge < -0.3 is 24.8 Å². The van der Waals surface area contributed by atoms with E-state index >= 15 is 0 Å². The minimum absolute atomic E-state index is 0.183. The monoisotopic (exact) mass is 418 g/mol. The first-order valence-electron chi connectivity index (χ1n) is 9.41. The van der Waals surface area contributed by atoms with Crippen LogP contribution in [-0.4, -0.2) is 40.2 Å². The van der Waals surface area contributed by atoms with Crippen molar-refractivity contribution in [3.8, 4) is 17.2 Å². The fourth-order valence-electron chi connectivity index (χ4n) is 3.59. The zero-order valence-corrected chi connectivity index (χ0v) is 18.1. The summed E-state index contributed by atoms with van der Waals surface area (Å²) < 4.78 is 16.0. The summed E-state index contributed by atoms with van der Waals surface area (Å²) in [6.07, 6.45) is 2.80. The Labute approximate surface area is 174 Å². The molecular weight excluding hydrogens is 392 g/mol. The van der Waals surface area contributed by atoms with Gasteiger partial charge in [-0.25, -0.2) is 0 Å². The van der Waals surface area contributed by atoms with Gasteiger partial charge in [0.15, 0.2) is 11.5 Å². The van der Waals surface area contributed by atoms with Crippen LogP contribution >= 0.6 is 11.3 Å². The van der Waals surface area contributed by atoms with E-state index in [1.54, 1.807) is 19.2 Å². The van der Waals surface area contributed by atoms with Crippen molar-refractivity contribution in [3.05, 3.63) is 33.7 Å². The molecule has 0 fully saturated rings. The fraction of sp³-hybridized carbons (Fsp3) is 0.429. The van der Waals surface area contributed by atoms with E-state index in [1.807, 2.05) is 0 Å². The average Bonchev–Trinajstić information content (AvgIpc) is 3.08. The van der Waals surface area contributed by atoms with Crippen LogP contribution in [0, 0.1) is 5.92 Å². The van der Waals surface area contributed by atoms with Crippen LogP contribution in [0.4, 0.5) is 5.00 Å². The standard InChI is InChI=1S/C21H26N2O5S/c1-11-6-7-13-16(8-11)29-21(17(13)20(25)22-2)23-19(24)12-9-14(26-3)18(28-5)15(10-12)27-4/h9-11H,6-8H2,1-5H3,(H,22,25)(H,23,24). The number of thiophene rings is 1. The fourth-order valence-corrected chi connectivity index (χ4v) is 4.99. The van der Waals surface area contributed by atoms with Gasteiger partial charge in [0.1, 0.15) is 5.00 Å². The largest absolute Gasteiger partial charge is 0.493 e. The number of methoxy groups -OCH3 is 3. The first kappa shape index (κ1) is 21.0. The number of fused-ring (bicyclic) bond motifs is 1. The molecule has 0 spiro atoms. The van der Waals surface area contributed by atoms with E-state index in [1.165, 1.54) is 37.5 Å². The van der Waals surface area contributed by atoms with Gasteiger partial charge in [0.25, 0.3) is 11.8 Å². The quantitative estimate of drug-likeness (QED) is 0.750. The molecular formula is C21H26N2O5S. The van der Waals surface area contributed by atoms with Crippen LogP contribution < -0.4 is 24.8 Å². The number of hydrogen-bond acceptors (Lipinski definition) is 6. The van der Waals surface area contributed by atoms with Crippen molar-refractivity contribution in [2.75, 3.05) is 33.7 Å². The maximum Gasteiger partial charge on any atom is 0.256 e. The SMILES string of the molecule is CNC(=O)c1c(NC(=O)c2cc(OC)c(OC)c(OC)c2)sc2c1CCC(C)C2. The van der Waals surface area contributed by atoms with Gasteiger partial charge in [-0.05, 0) is 42.9 Å². The second kappa shape index (κ2) is 8.73. The number of amides is 2. The van der Waals surface area contributed by atoms with E-state index in [4.69, 9.17) is 14.2 Å². The topological polar surface area (TPSA) is 85.9 Å². The van der Waals surface area contributed by atoms with Crippen LogP contribution in [0.5, 0.6) is 17.2 Å². The lowest BCUT2D eigenvalue weighted by atomic mass is 9.88. The summed E-state index contributed by atoms with van der Waals surface area (Å²) in [5.41, 5.74) is 1.97. The van der Waals surface area contributed by atoms with Crippen molar-refractivity contribution in [2.24, 2.45) is 5.92 Å². The van der Waals surface area contributed by atoms with E-state index in [-0.39, 0.29) is 11.8 Å². The highest BCUT2D eigenvalue weighted by Gasteiger charge is 2.28. The Morgan fingerprint density at radius 3 is 2.28 bits per heavy atom. The molecule has 7 nitrogen and oxygen atoms in total. The smallest absolute Gasteiger partial charge is 0.256 e. The molecule has 2 amide bonds. The highest BCUT2D eigenvalue weighted by atomic mass is 32.1. The number of carbonyl (C=O) groups excluding carboxylic acids is 2. The number of benzene rings is 1. The van der Waals surface area contributed by atoms with Crippen LogP contribution in [0.3, 0.4) is 0 Å². The lowest BCUT2D eigenvalue weighted by Crippen LogP contribution is -2.22.